The molecule has 2 rings (SSSR count). The molecular formula is C14H13N3O5. The summed E-state index contributed by atoms with van der Waals surface area (Å²) in [7, 11) is 0. The summed E-state index contributed by atoms with van der Waals surface area (Å²) in [5.74, 6) is -1.86. The first-order valence-electron chi connectivity index (χ1n) is 6.37. The van der Waals surface area contributed by atoms with Gasteiger partial charge in [-0.3, -0.25) is 19.4 Å². The molecule has 1 aromatic carbocycles. The lowest BCUT2D eigenvalue weighted by Crippen LogP contribution is -2.36. The highest BCUT2D eigenvalue weighted by atomic mass is 16.4. The van der Waals surface area contributed by atoms with Gasteiger partial charge in [0.15, 0.2) is 0 Å². The standard InChI is InChI=1S/C14H13N3O5/c18-11(19)6-10(8-4-2-1-3-5-8)16-12(20)9-7-15-14(22)17-13(9)21/h1-5,7,10H,6H2,(H,16,20)(H,18,19)(H2,15,17,21,22)/t10-/m0/s1. The van der Waals surface area contributed by atoms with E-state index < -0.39 is 29.2 Å². The second-order valence-electron chi connectivity index (χ2n) is 4.52. The monoisotopic (exact) mass is 303 g/mol. The highest BCUT2D eigenvalue weighted by molar-refractivity contribution is 5.94. The van der Waals surface area contributed by atoms with Gasteiger partial charge in [0.05, 0.1) is 12.5 Å². The molecule has 0 saturated heterocycles. The molecule has 0 spiro atoms. The van der Waals surface area contributed by atoms with Gasteiger partial charge >= 0.3 is 11.7 Å². The van der Waals surface area contributed by atoms with E-state index >= 15 is 0 Å². The first-order valence-corrected chi connectivity index (χ1v) is 6.37. The molecule has 114 valence electrons. The number of aromatic amines is 2. The normalized spacial score (nSPS) is 11.6. The van der Waals surface area contributed by atoms with Gasteiger partial charge in [0.2, 0.25) is 0 Å². The molecule has 8 heteroatoms. The number of carboxylic acids is 1. The van der Waals surface area contributed by atoms with Gasteiger partial charge in [0, 0.05) is 6.20 Å². The lowest BCUT2D eigenvalue weighted by molar-refractivity contribution is -0.137. The van der Waals surface area contributed by atoms with E-state index in [9.17, 15) is 19.2 Å². The molecule has 1 atom stereocenters. The van der Waals surface area contributed by atoms with E-state index in [2.05, 4.69) is 10.3 Å². The van der Waals surface area contributed by atoms with Crippen LogP contribution in [-0.2, 0) is 4.79 Å². The van der Waals surface area contributed by atoms with Crippen LogP contribution >= 0.6 is 0 Å². The molecule has 0 radical (unpaired) electrons. The fraction of sp³-hybridized carbons (Fsp3) is 0.143. The number of carboxylic acid groups (broad SMARTS) is 1. The zero-order valence-corrected chi connectivity index (χ0v) is 11.3. The zero-order chi connectivity index (χ0) is 16.1. The smallest absolute Gasteiger partial charge is 0.325 e. The largest absolute Gasteiger partial charge is 0.481 e. The fourth-order valence-corrected chi connectivity index (χ4v) is 1.93. The topological polar surface area (TPSA) is 132 Å². The summed E-state index contributed by atoms with van der Waals surface area (Å²) < 4.78 is 0. The predicted octanol–water partition coefficient (Wildman–Crippen LogP) is 0.00900. The van der Waals surface area contributed by atoms with Crippen molar-refractivity contribution in [3.8, 4) is 0 Å². The van der Waals surface area contributed by atoms with Crippen molar-refractivity contribution in [2.24, 2.45) is 0 Å². The van der Waals surface area contributed by atoms with Crippen molar-refractivity contribution in [1.82, 2.24) is 15.3 Å². The van der Waals surface area contributed by atoms with Crippen LogP contribution in [-0.4, -0.2) is 27.0 Å². The van der Waals surface area contributed by atoms with E-state index in [0.29, 0.717) is 5.56 Å². The van der Waals surface area contributed by atoms with E-state index in [1.54, 1.807) is 30.3 Å². The minimum absolute atomic E-state index is 0.300. The number of hydrogen-bond donors (Lipinski definition) is 4. The molecule has 4 N–H and O–H groups in total. The molecule has 1 amide bonds. The van der Waals surface area contributed by atoms with Crippen LogP contribution in [0.15, 0.2) is 46.1 Å². The number of carbonyl (C=O) groups is 2. The number of hydrogen-bond acceptors (Lipinski definition) is 4. The van der Waals surface area contributed by atoms with Crippen molar-refractivity contribution in [2.45, 2.75) is 12.5 Å². The van der Waals surface area contributed by atoms with Crippen molar-refractivity contribution in [2.75, 3.05) is 0 Å². The average Bonchev–Trinajstić information content (AvgIpc) is 2.46. The molecule has 1 heterocycles. The number of rotatable bonds is 5. The Morgan fingerprint density at radius 2 is 1.86 bits per heavy atom. The number of aliphatic carboxylic acids is 1. The van der Waals surface area contributed by atoms with Gasteiger partial charge in [-0.1, -0.05) is 30.3 Å². The van der Waals surface area contributed by atoms with E-state index in [1.165, 1.54) is 0 Å². The highest BCUT2D eigenvalue weighted by Crippen LogP contribution is 2.16. The Morgan fingerprint density at radius 1 is 1.18 bits per heavy atom. The van der Waals surface area contributed by atoms with Gasteiger partial charge in [-0.2, -0.15) is 0 Å². The summed E-state index contributed by atoms with van der Waals surface area (Å²) >= 11 is 0. The molecule has 0 bridgehead atoms. The van der Waals surface area contributed by atoms with Gasteiger partial charge in [0.25, 0.3) is 11.5 Å². The van der Waals surface area contributed by atoms with Crippen LogP contribution in [0.5, 0.6) is 0 Å². The minimum Gasteiger partial charge on any atom is -0.481 e. The van der Waals surface area contributed by atoms with Gasteiger partial charge < -0.3 is 15.4 Å². The minimum atomic E-state index is -1.09. The second kappa shape index (κ2) is 6.53. The van der Waals surface area contributed by atoms with E-state index in [0.717, 1.165) is 6.20 Å². The van der Waals surface area contributed by atoms with Crippen molar-refractivity contribution in [1.29, 1.82) is 0 Å². The summed E-state index contributed by atoms with van der Waals surface area (Å²) in [5, 5.41) is 11.4. The maximum Gasteiger partial charge on any atom is 0.325 e. The zero-order valence-electron chi connectivity index (χ0n) is 11.3. The molecule has 0 aliphatic carbocycles. The van der Waals surface area contributed by atoms with Crippen molar-refractivity contribution >= 4 is 11.9 Å². The van der Waals surface area contributed by atoms with Crippen LogP contribution in [0.1, 0.15) is 28.4 Å². The Morgan fingerprint density at radius 3 is 2.45 bits per heavy atom. The predicted molar refractivity (Wildman–Crippen MR) is 76.6 cm³/mol. The van der Waals surface area contributed by atoms with Crippen LogP contribution < -0.4 is 16.6 Å². The molecular weight excluding hydrogens is 290 g/mol. The summed E-state index contributed by atoms with van der Waals surface area (Å²) in [6, 6.07) is 7.73. The van der Waals surface area contributed by atoms with Gasteiger partial charge in [0.1, 0.15) is 5.56 Å². The van der Waals surface area contributed by atoms with Crippen molar-refractivity contribution in [3.05, 3.63) is 68.5 Å². The summed E-state index contributed by atoms with van der Waals surface area (Å²) in [6.45, 7) is 0. The maximum atomic E-state index is 12.1. The summed E-state index contributed by atoms with van der Waals surface area (Å²) in [4.78, 5) is 49.7. The summed E-state index contributed by atoms with van der Waals surface area (Å²) in [5.41, 5.74) is -1.28. The lowest BCUT2D eigenvalue weighted by atomic mass is 10.0. The Hall–Kier alpha value is -3.16. The SMILES string of the molecule is O=C(O)C[C@H](NC(=O)c1c[nH]c(=O)[nH]c1=O)c1ccccc1. The Balaban J connectivity index is 2.27. The van der Waals surface area contributed by atoms with E-state index in [1.807, 2.05) is 4.98 Å². The molecule has 0 fully saturated rings. The fourth-order valence-electron chi connectivity index (χ4n) is 1.93. The second-order valence-corrected chi connectivity index (χ2v) is 4.52. The molecule has 8 nitrogen and oxygen atoms in total. The van der Waals surface area contributed by atoms with Crippen LogP contribution in [0, 0.1) is 0 Å². The lowest BCUT2D eigenvalue weighted by Gasteiger charge is -2.17. The van der Waals surface area contributed by atoms with Gasteiger partial charge in [-0.15, -0.1) is 0 Å². The van der Waals surface area contributed by atoms with Crippen LogP contribution in [0.2, 0.25) is 0 Å². The third-order valence-corrected chi connectivity index (χ3v) is 2.95. The number of nitrogens with one attached hydrogen (secondary N) is 3. The van der Waals surface area contributed by atoms with Gasteiger partial charge in [-0.25, -0.2) is 4.79 Å². The molecule has 0 unspecified atom stereocenters. The molecule has 0 saturated carbocycles. The van der Waals surface area contributed by atoms with Crippen LogP contribution in [0.4, 0.5) is 0 Å². The summed E-state index contributed by atoms with van der Waals surface area (Å²) in [6.07, 6.45) is 0.649. The maximum absolute atomic E-state index is 12.1. The molecule has 0 aliphatic rings. The number of benzene rings is 1. The number of aromatic nitrogens is 2. The highest BCUT2D eigenvalue weighted by Gasteiger charge is 2.20. The van der Waals surface area contributed by atoms with Gasteiger partial charge in [-0.05, 0) is 5.56 Å². The molecule has 22 heavy (non-hydrogen) atoms. The van der Waals surface area contributed by atoms with Crippen LogP contribution in [0.3, 0.4) is 0 Å². The third-order valence-electron chi connectivity index (χ3n) is 2.95. The first-order chi connectivity index (χ1) is 10.5. The number of carbonyl (C=O) groups excluding carboxylic acids is 1. The Bertz CT molecular complexity index is 794. The van der Waals surface area contributed by atoms with Crippen molar-refractivity contribution in [3.63, 3.8) is 0 Å². The molecule has 2 aromatic rings. The average molecular weight is 303 g/mol. The quantitative estimate of drug-likeness (QED) is 0.617. The number of amides is 1. The van der Waals surface area contributed by atoms with E-state index in [4.69, 9.17) is 5.11 Å². The van der Waals surface area contributed by atoms with Crippen LogP contribution in [0.25, 0.3) is 0 Å². The number of H-pyrrole nitrogens is 2. The first kappa shape index (κ1) is 15.2. The molecule has 0 aliphatic heterocycles. The van der Waals surface area contributed by atoms with E-state index in [-0.39, 0.29) is 12.0 Å². The Kier molecular flexibility index (Phi) is 4.52. The Labute approximate surface area is 123 Å². The molecule has 1 aromatic heterocycles. The van der Waals surface area contributed by atoms with Crippen molar-refractivity contribution < 1.29 is 14.7 Å². The third kappa shape index (κ3) is 3.69.